The van der Waals surface area contributed by atoms with Crippen molar-refractivity contribution < 1.29 is 28.6 Å². The van der Waals surface area contributed by atoms with Gasteiger partial charge in [-0.15, -0.1) is 0 Å². The Morgan fingerprint density at radius 1 is 0.250 bits per heavy atom. The molecule has 6 nitrogen and oxygen atoms in total. The van der Waals surface area contributed by atoms with E-state index in [-0.39, 0.29) is 31.1 Å². The molecule has 0 N–H and O–H groups in total. The Bertz CT molecular complexity index is 1180. The smallest absolute Gasteiger partial charge is 0.306 e. The lowest BCUT2D eigenvalue weighted by molar-refractivity contribution is -0.167. The van der Waals surface area contributed by atoms with E-state index in [1.807, 2.05) is 0 Å². The van der Waals surface area contributed by atoms with Gasteiger partial charge in [-0.25, -0.2) is 0 Å². The summed E-state index contributed by atoms with van der Waals surface area (Å²) in [4.78, 5) is 38.3. The SMILES string of the molecule is CCCC/C=C\CCCCCCCC(=O)OCC(COC(=O)CCCCCCCCCCCCCCCCCCCCCCCCCCCCCC)OC(=O)CCCCCCCCCCCCCCCCCCCCC. The van der Waals surface area contributed by atoms with Crippen molar-refractivity contribution in [3.8, 4) is 0 Å². The molecule has 1 atom stereocenters. The van der Waals surface area contributed by atoms with Gasteiger partial charge in [-0.3, -0.25) is 14.4 Å². The Morgan fingerprint density at radius 3 is 0.697 bits per heavy atom. The summed E-state index contributed by atoms with van der Waals surface area (Å²) in [5.74, 6) is -0.844. The van der Waals surface area contributed by atoms with Crippen molar-refractivity contribution in [3.05, 3.63) is 12.2 Å². The van der Waals surface area contributed by atoms with Gasteiger partial charge < -0.3 is 14.2 Å². The molecule has 450 valence electrons. The molecule has 0 fully saturated rings. The highest BCUT2D eigenvalue weighted by Crippen LogP contribution is 2.19. The summed E-state index contributed by atoms with van der Waals surface area (Å²) in [6.45, 7) is 6.68. The van der Waals surface area contributed by atoms with Crippen molar-refractivity contribution in [2.24, 2.45) is 0 Å². The van der Waals surface area contributed by atoms with E-state index in [1.54, 1.807) is 0 Å². The Labute approximate surface area is 475 Å². The lowest BCUT2D eigenvalue weighted by Gasteiger charge is -2.18. The molecule has 0 aliphatic heterocycles. The van der Waals surface area contributed by atoms with Crippen LogP contribution in [-0.2, 0) is 28.6 Å². The third-order valence-electron chi connectivity index (χ3n) is 16.0. The minimum atomic E-state index is -0.769. The van der Waals surface area contributed by atoms with Crippen LogP contribution in [0, 0.1) is 0 Å². The number of hydrogen-bond donors (Lipinski definition) is 0. The van der Waals surface area contributed by atoms with Gasteiger partial charge in [0.1, 0.15) is 13.2 Å². The quantitative estimate of drug-likeness (QED) is 0.0261. The lowest BCUT2D eigenvalue weighted by atomic mass is 10.0. The average molecular weight is 1070 g/mol. The number of esters is 3. The first-order valence-corrected chi connectivity index (χ1v) is 34.7. The van der Waals surface area contributed by atoms with Crippen LogP contribution in [0.4, 0.5) is 0 Å². The zero-order valence-electron chi connectivity index (χ0n) is 51.8. The van der Waals surface area contributed by atoms with Crippen LogP contribution in [0.15, 0.2) is 12.2 Å². The average Bonchev–Trinajstić information content (AvgIpc) is 3.42. The second kappa shape index (κ2) is 65.7. The minimum absolute atomic E-state index is 0.0660. The molecule has 0 aromatic heterocycles. The summed E-state index contributed by atoms with van der Waals surface area (Å²) in [6.07, 6.45) is 78.3. The molecule has 0 heterocycles. The lowest BCUT2D eigenvalue weighted by Crippen LogP contribution is -2.30. The predicted octanol–water partition coefficient (Wildman–Crippen LogP) is 23.6. The van der Waals surface area contributed by atoms with Gasteiger partial charge in [0.15, 0.2) is 6.10 Å². The van der Waals surface area contributed by atoms with Crippen LogP contribution >= 0.6 is 0 Å². The standard InChI is InChI=1S/C70H134O6/c1-4-7-10-13-16-19-22-24-26-28-30-31-32-33-34-35-36-37-38-40-41-43-45-48-51-54-57-60-63-69(72)75-66-67(65-74-68(71)62-59-56-53-50-47-21-18-15-12-9-6-3)76-70(73)64-61-58-55-52-49-46-44-42-39-29-27-25-23-20-17-14-11-8-5-2/h15,18,67H,4-14,16-17,19-66H2,1-3H3/b18-15-. The summed E-state index contributed by atoms with van der Waals surface area (Å²) in [5, 5.41) is 0. The van der Waals surface area contributed by atoms with Gasteiger partial charge in [0.2, 0.25) is 0 Å². The Hall–Kier alpha value is -1.85. The molecular weight excluding hydrogens is 937 g/mol. The molecule has 0 saturated heterocycles. The van der Waals surface area contributed by atoms with Crippen LogP contribution in [-0.4, -0.2) is 37.2 Å². The first-order valence-electron chi connectivity index (χ1n) is 34.7. The molecule has 0 rings (SSSR count). The van der Waals surface area contributed by atoms with Gasteiger partial charge in [0.25, 0.3) is 0 Å². The molecular formula is C70H134O6. The molecule has 76 heavy (non-hydrogen) atoms. The van der Waals surface area contributed by atoms with E-state index in [1.165, 1.54) is 295 Å². The predicted molar refractivity (Wildman–Crippen MR) is 330 cm³/mol. The van der Waals surface area contributed by atoms with Gasteiger partial charge in [-0.1, -0.05) is 354 Å². The summed E-state index contributed by atoms with van der Waals surface area (Å²) >= 11 is 0. The molecule has 0 spiro atoms. The molecule has 0 aliphatic rings. The summed E-state index contributed by atoms with van der Waals surface area (Å²) < 4.78 is 16.9. The van der Waals surface area contributed by atoms with Gasteiger partial charge in [-0.2, -0.15) is 0 Å². The summed E-state index contributed by atoms with van der Waals surface area (Å²) in [6, 6.07) is 0. The van der Waals surface area contributed by atoms with Gasteiger partial charge in [0.05, 0.1) is 0 Å². The van der Waals surface area contributed by atoms with Gasteiger partial charge in [0, 0.05) is 19.3 Å². The highest BCUT2D eigenvalue weighted by Gasteiger charge is 2.19. The van der Waals surface area contributed by atoms with E-state index in [9.17, 15) is 14.4 Å². The number of rotatable bonds is 65. The monoisotopic (exact) mass is 1070 g/mol. The number of ether oxygens (including phenoxy) is 3. The Morgan fingerprint density at radius 2 is 0.447 bits per heavy atom. The van der Waals surface area contributed by atoms with Crippen LogP contribution in [0.1, 0.15) is 400 Å². The molecule has 1 unspecified atom stereocenters. The first-order chi connectivity index (χ1) is 37.5. The fourth-order valence-electron chi connectivity index (χ4n) is 10.8. The van der Waals surface area contributed by atoms with Crippen molar-refractivity contribution in [1.29, 1.82) is 0 Å². The zero-order valence-corrected chi connectivity index (χ0v) is 51.8. The molecule has 0 saturated carbocycles. The molecule has 0 aromatic carbocycles. The van der Waals surface area contributed by atoms with E-state index in [2.05, 4.69) is 32.9 Å². The largest absolute Gasteiger partial charge is 0.462 e. The Kier molecular flexibility index (Phi) is 64.1. The van der Waals surface area contributed by atoms with Crippen LogP contribution in [0.3, 0.4) is 0 Å². The number of carbonyl (C=O) groups is 3. The maximum atomic E-state index is 12.9. The second-order valence-corrected chi connectivity index (χ2v) is 23.8. The molecule has 0 aromatic rings. The maximum absolute atomic E-state index is 12.9. The highest BCUT2D eigenvalue weighted by atomic mass is 16.6. The third kappa shape index (κ3) is 63.0. The summed E-state index contributed by atoms with van der Waals surface area (Å²) in [5.41, 5.74) is 0. The fourth-order valence-corrected chi connectivity index (χ4v) is 10.8. The van der Waals surface area contributed by atoms with Gasteiger partial charge >= 0.3 is 17.9 Å². The third-order valence-corrected chi connectivity index (χ3v) is 16.0. The number of hydrogen-bond acceptors (Lipinski definition) is 6. The van der Waals surface area contributed by atoms with E-state index in [0.29, 0.717) is 19.3 Å². The van der Waals surface area contributed by atoms with Crippen LogP contribution in [0.25, 0.3) is 0 Å². The Balaban J connectivity index is 4.12. The van der Waals surface area contributed by atoms with Crippen molar-refractivity contribution in [2.45, 2.75) is 406 Å². The van der Waals surface area contributed by atoms with Crippen LogP contribution < -0.4 is 0 Å². The van der Waals surface area contributed by atoms with Crippen molar-refractivity contribution in [1.82, 2.24) is 0 Å². The summed E-state index contributed by atoms with van der Waals surface area (Å²) in [7, 11) is 0. The fraction of sp³-hybridized carbons (Fsp3) is 0.929. The van der Waals surface area contributed by atoms with E-state index < -0.39 is 6.10 Å². The molecule has 0 radical (unpaired) electrons. The van der Waals surface area contributed by atoms with Crippen molar-refractivity contribution in [2.75, 3.05) is 13.2 Å². The molecule has 6 heteroatoms. The topological polar surface area (TPSA) is 78.9 Å². The maximum Gasteiger partial charge on any atom is 0.306 e. The zero-order chi connectivity index (χ0) is 55.0. The van der Waals surface area contributed by atoms with Crippen LogP contribution in [0.2, 0.25) is 0 Å². The number of unbranched alkanes of at least 4 members (excludes halogenated alkanes) is 52. The molecule has 0 bridgehead atoms. The number of carbonyl (C=O) groups excluding carboxylic acids is 3. The van der Waals surface area contributed by atoms with Crippen molar-refractivity contribution in [3.63, 3.8) is 0 Å². The van der Waals surface area contributed by atoms with Crippen LogP contribution in [0.5, 0.6) is 0 Å². The number of allylic oxidation sites excluding steroid dienone is 2. The van der Waals surface area contributed by atoms with E-state index in [0.717, 1.165) is 64.2 Å². The molecule has 0 aliphatic carbocycles. The normalized spacial score (nSPS) is 12.0. The first kappa shape index (κ1) is 74.2. The minimum Gasteiger partial charge on any atom is -0.462 e. The molecule has 0 amide bonds. The second-order valence-electron chi connectivity index (χ2n) is 23.8. The van der Waals surface area contributed by atoms with Gasteiger partial charge in [-0.05, 0) is 38.5 Å². The van der Waals surface area contributed by atoms with Crippen molar-refractivity contribution >= 4 is 17.9 Å². The van der Waals surface area contributed by atoms with E-state index >= 15 is 0 Å². The highest BCUT2D eigenvalue weighted by molar-refractivity contribution is 5.71. The van der Waals surface area contributed by atoms with E-state index in [4.69, 9.17) is 14.2 Å².